The van der Waals surface area contributed by atoms with Crippen LogP contribution in [0.15, 0.2) is 0 Å². The second-order valence-electron chi connectivity index (χ2n) is 10.00. The van der Waals surface area contributed by atoms with Crippen LogP contribution in [0, 0.1) is 35.5 Å². The van der Waals surface area contributed by atoms with Gasteiger partial charge >= 0.3 is 5.97 Å². The Kier molecular flexibility index (Phi) is 4.90. The van der Waals surface area contributed by atoms with E-state index < -0.39 is 0 Å². The highest BCUT2D eigenvalue weighted by Gasteiger charge is 2.60. The Morgan fingerprint density at radius 1 is 0.960 bits per heavy atom. The lowest BCUT2D eigenvalue weighted by Gasteiger charge is -2.62. The summed E-state index contributed by atoms with van der Waals surface area (Å²) in [5, 5.41) is 0. The highest BCUT2D eigenvalue weighted by molar-refractivity contribution is 5.73. The number of carbonyl (C=O) groups is 1. The van der Waals surface area contributed by atoms with Crippen LogP contribution in [0.25, 0.3) is 0 Å². The summed E-state index contributed by atoms with van der Waals surface area (Å²) in [5.74, 6) is 3.59. The number of ether oxygens (including phenoxy) is 1. The normalized spacial score (nSPS) is 41.9. The van der Waals surface area contributed by atoms with Crippen molar-refractivity contribution in [2.45, 2.75) is 77.7 Å². The van der Waals surface area contributed by atoms with Crippen LogP contribution in [0.4, 0.5) is 0 Å². The molecular formula is C22H37NO2. The van der Waals surface area contributed by atoms with Gasteiger partial charge in [0.15, 0.2) is 0 Å². The number of hydrogen-bond donors (Lipinski definition) is 0. The summed E-state index contributed by atoms with van der Waals surface area (Å²) in [6.45, 7) is 9.87. The summed E-state index contributed by atoms with van der Waals surface area (Å²) < 4.78 is 6.51. The summed E-state index contributed by atoms with van der Waals surface area (Å²) in [5.41, 5.74) is -0.166. The third-order valence-corrected chi connectivity index (χ3v) is 7.98. The molecule has 5 fully saturated rings. The number of hydrogen-bond acceptors (Lipinski definition) is 3. The molecule has 0 aromatic rings. The Bertz CT molecular complexity index is 466. The van der Waals surface area contributed by atoms with E-state index in [0.29, 0.717) is 17.8 Å². The number of nitrogens with zero attached hydrogens (tertiary/aromatic N) is 1. The van der Waals surface area contributed by atoms with Crippen molar-refractivity contribution in [1.82, 2.24) is 4.90 Å². The molecule has 0 aromatic carbocycles. The van der Waals surface area contributed by atoms with Gasteiger partial charge < -0.3 is 9.64 Å². The molecular weight excluding hydrogens is 310 g/mol. The predicted octanol–water partition coefficient (Wildman–Crippen LogP) is 4.50. The zero-order valence-corrected chi connectivity index (χ0v) is 16.5. The van der Waals surface area contributed by atoms with Gasteiger partial charge in [-0.05, 0) is 87.6 Å². The fourth-order valence-corrected chi connectivity index (χ4v) is 7.03. The first-order chi connectivity index (χ1) is 12.0. The molecule has 1 aliphatic heterocycles. The van der Waals surface area contributed by atoms with Crippen LogP contribution < -0.4 is 0 Å². The minimum atomic E-state index is -0.166. The molecule has 3 heteroatoms. The third kappa shape index (κ3) is 3.15. The van der Waals surface area contributed by atoms with Crippen molar-refractivity contribution in [3.05, 3.63) is 0 Å². The second-order valence-corrected chi connectivity index (χ2v) is 10.00. The zero-order valence-electron chi connectivity index (χ0n) is 16.5. The van der Waals surface area contributed by atoms with E-state index in [1.54, 1.807) is 0 Å². The van der Waals surface area contributed by atoms with Crippen LogP contribution in [0.5, 0.6) is 0 Å². The standard InChI is InChI=1S/C22H37NO2/c1-15(2)22(19-10-17-9-18(12-19)13-20(22)11-17)25-21(24)16(3)14-23-7-5-4-6-8-23/h15-20H,4-14H2,1-3H3. The van der Waals surface area contributed by atoms with Crippen LogP contribution >= 0.6 is 0 Å². The van der Waals surface area contributed by atoms with Gasteiger partial charge in [0.05, 0.1) is 5.92 Å². The van der Waals surface area contributed by atoms with Gasteiger partial charge in [-0.1, -0.05) is 27.2 Å². The van der Waals surface area contributed by atoms with Crippen LogP contribution in [0.3, 0.4) is 0 Å². The number of piperidine rings is 1. The molecule has 1 atom stereocenters. The number of rotatable bonds is 5. The molecule has 1 heterocycles. The smallest absolute Gasteiger partial charge is 0.310 e. The average molecular weight is 348 g/mol. The first-order valence-corrected chi connectivity index (χ1v) is 10.9. The Balaban J connectivity index is 1.45. The Hall–Kier alpha value is -0.570. The largest absolute Gasteiger partial charge is 0.458 e. The molecule has 4 aliphatic carbocycles. The fourth-order valence-electron chi connectivity index (χ4n) is 7.03. The van der Waals surface area contributed by atoms with Gasteiger partial charge in [-0.25, -0.2) is 0 Å². The number of carbonyl (C=O) groups excluding carboxylic acids is 1. The highest BCUT2D eigenvalue weighted by Crippen LogP contribution is 2.61. The Morgan fingerprint density at radius 3 is 2.04 bits per heavy atom. The lowest BCUT2D eigenvalue weighted by Crippen LogP contribution is -2.62. The van der Waals surface area contributed by atoms with E-state index in [1.807, 2.05) is 0 Å². The molecule has 0 amide bonds. The highest BCUT2D eigenvalue weighted by atomic mass is 16.6. The number of esters is 1. The van der Waals surface area contributed by atoms with E-state index in [0.717, 1.165) is 31.5 Å². The molecule has 1 unspecified atom stereocenters. The molecule has 142 valence electrons. The van der Waals surface area contributed by atoms with Crippen molar-refractivity contribution in [1.29, 1.82) is 0 Å². The third-order valence-electron chi connectivity index (χ3n) is 7.98. The van der Waals surface area contributed by atoms with Crippen molar-refractivity contribution < 1.29 is 9.53 Å². The van der Waals surface area contributed by atoms with Crippen molar-refractivity contribution in [2.75, 3.05) is 19.6 Å². The Labute approximate surface area is 153 Å². The van der Waals surface area contributed by atoms with Crippen LogP contribution in [-0.2, 0) is 9.53 Å². The summed E-state index contributed by atoms with van der Waals surface area (Å²) in [6, 6.07) is 0. The first kappa shape index (κ1) is 17.8. The van der Waals surface area contributed by atoms with Gasteiger partial charge in [0.25, 0.3) is 0 Å². The van der Waals surface area contributed by atoms with Gasteiger partial charge in [0.2, 0.25) is 0 Å². The van der Waals surface area contributed by atoms with Crippen molar-refractivity contribution >= 4 is 5.97 Å². The lowest BCUT2D eigenvalue weighted by molar-refractivity contribution is -0.228. The summed E-state index contributed by atoms with van der Waals surface area (Å²) >= 11 is 0. The van der Waals surface area contributed by atoms with Crippen LogP contribution in [-0.4, -0.2) is 36.1 Å². The molecule has 5 aliphatic rings. The van der Waals surface area contributed by atoms with Gasteiger partial charge in [-0.15, -0.1) is 0 Å². The quantitative estimate of drug-likeness (QED) is 0.686. The molecule has 5 rings (SSSR count). The second kappa shape index (κ2) is 6.87. The van der Waals surface area contributed by atoms with Gasteiger partial charge in [0.1, 0.15) is 5.60 Å². The van der Waals surface area contributed by atoms with Crippen molar-refractivity contribution in [3.63, 3.8) is 0 Å². The van der Waals surface area contributed by atoms with E-state index in [1.165, 1.54) is 51.4 Å². The molecule has 0 radical (unpaired) electrons. The van der Waals surface area contributed by atoms with E-state index in [2.05, 4.69) is 25.7 Å². The summed E-state index contributed by atoms with van der Waals surface area (Å²) in [6.07, 6.45) is 10.6. The van der Waals surface area contributed by atoms with Crippen molar-refractivity contribution in [2.24, 2.45) is 35.5 Å². The van der Waals surface area contributed by atoms with E-state index in [4.69, 9.17) is 4.74 Å². The van der Waals surface area contributed by atoms with Crippen LogP contribution in [0.1, 0.15) is 72.1 Å². The molecule has 25 heavy (non-hydrogen) atoms. The molecule has 0 spiro atoms. The van der Waals surface area contributed by atoms with Crippen molar-refractivity contribution in [3.8, 4) is 0 Å². The molecule has 4 bridgehead atoms. The Morgan fingerprint density at radius 2 is 1.52 bits per heavy atom. The molecule has 1 saturated heterocycles. The lowest BCUT2D eigenvalue weighted by atomic mass is 9.47. The monoisotopic (exact) mass is 347 g/mol. The number of likely N-dealkylation sites (tertiary alicyclic amines) is 1. The minimum Gasteiger partial charge on any atom is -0.458 e. The molecule has 0 N–H and O–H groups in total. The zero-order chi connectivity index (χ0) is 17.6. The van der Waals surface area contributed by atoms with Crippen LogP contribution in [0.2, 0.25) is 0 Å². The average Bonchev–Trinajstić information content (AvgIpc) is 2.58. The van der Waals surface area contributed by atoms with Gasteiger partial charge in [-0.3, -0.25) is 4.79 Å². The molecule has 3 nitrogen and oxygen atoms in total. The fraction of sp³-hybridized carbons (Fsp3) is 0.955. The maximum Gasteiger partial charge on any atom is 0.310 e. The summed E-state index contributed by atoms with van der Waals surface area (Å²) in [4.78, 5) is 15.5. The maximum absolute atomic E-state index is 13.1. The predicted molar refractivity (Wildman–Crippen MR) is 100 cm³/mol. The molecule has 0 aromatic heterocycles. The van der Waals surface area contributed by atoms with E-state index in [9.17, 15) is 4.79 Å². The SMILES string of the molecule is CC(CN1CCCCC1)C(=O)OC1(C(C)C)C2CC3CC(C2)CC1C3. The van der Waals surface area contributed by atoms with Gasteiger partial charge in [-0.2, -0.15) is 0 Å². The topological polar surface area (TPSA) is 29.5 Å². The minimum absolute atomic E-state index is 0.00547. The van der Waals surface area contributed by atoms with E-state index in [-0.39, 0.29) is 17.5 Å². The summed E-state index contributed by atoms with van der Waals surface area (Å²) in [7, 11) is 0. The van der Waals surface area contributed by atoms with E-state index >= 15 is 0 Å². The molecule has 4 saturated carbocycles. The first-order valence-electron chi connectivity index (χ1n) is 10.9. The van der Waals surface area contributed by atoms with Gasteiger partial charge in [0, 0.05) is 6.54 Å². The maximum atomic E-state index is 13.1.